The molecule has 4 rings (SSSR count). The first-order chi connectivity index (χ1) is 15.9. The molecule has 0 unspecified atom stereocenters. The van der Waals surface area contributed by atoms with E-state index in [0.29, 0.717) is 11.3 Å². The molecule has 0 spiro atoms. The number of hydrogen-bond donors (Lipinski definition) is 3. The second-order valence-corrected chi connectivity index (χ2v) is 7.55. The van der Waals surface area contributed by atoms with Crippen LogP contribution in [0.25, 0.3) is 22.5 Å². The molecule has 0 atom stereocenters. The fourth-order valence-corrected chi connectivity index (χ4v) is 3.22. The summed E-state index contributed by atoms with van der Waals surface area (Å²) in [5.41, 5.74) is 5.66. The Hall–Kier alpha value is -3.91. The van der Waals surface area contributed by atoms with Crippen LogP contribution in [0, 0.1) is 19.7 Å². The number of rotatable bonds is 5. The number of aliphatic hydroxyl groups is 1. The minimum absolute atomic E-state index is 0.199. The molecule has 0 aliphatic carbocycles. The summed E-state index contributed by atoms with van der Waals surface area (Å²) < 4.78 is 13.0. The molecule has 0 radical (unpaired) electrons. The van der Waals surface area contributed by atoms with Gasteiger partial charge in [-0.1, -0.05) is 12.1 Å². The van der Waals surface area contributed by atoms with Gasteiger partial charge in [0.2, 0.25) is 0 Å². The van der Waals surface area contributed by atoms with Gasteiger partial charge in [-0.05, 0) is 79.8 Å². The SMILES string of the molecule is Cc1cc(-c2ccc(=O)[nH]n2)ccc1CCCO.Cc1cc(-c2ccc(=O)[nH]n2)ccc1F. The average molecular weight is 448 g/mol. The normalized spacial score (nSPS) is 10.4. The van der Waals surface area contributed by atoms with Crippen LogP contribution in [0.3, 0.4) is 0 Å². The Balaban J connectivity index is 0.000000189. The van der Waals surface area contributed by atoms with Crippen LogP contribution in [0.2, 0.25) is 0 Å². The maximum atomic E-state index is 13.0. The largest absolute Gasteiger partial charge is 0.396 e. The van der Waals surface area contributed by atoms with E-state index < -0.39 is 0 Å². The summed E-state index contributed by atoms with van der Waals surface area (Å²) in [4.78, 5) is 21.7. The van der Waals surface area contributed by atoms with Crippen molar-refractivity contribution >= 4 is 0 Å². The minimum atomic E-state index is -0.252. The number of halogens is 1. The van der Waals surface area contributed by atoms with Crippen LogP contribution in [-0.4, -0.2) is 32.1 Å². The number of nitrogens with zero attached hydrogens (tertiary/aromatic N) is 2. The number of benzene rings is 2. The first-order valence-corrected chi connectivity index (χ1v) is 10.5. The van der Waals surface area contributed by atoms with Gasteiger partial charge < -0.3 is 5.11 Å². The molecule has 4 aromatic rings. The van der Waals surface area contributed by atoms with Crippen LogP contribution >= 0.6 is 0 Å². The predicted octanol–water partition coefficient (Wildman–Crippen LogP) is 3.55. The molecule has 0 saturated heterocycles. The van der Waals surface area contributed by atoms with Gasteiger partial charge in [0, 0.05) is 29.9 Å². The van der Waals surface area contributed by atoms with E-state index in [0.717, 1.165) is 29.7 Å². The first kappa shape index (κ1) is 23.7. The molecule has 0 fully saturated rings. The highest BCUT2D eigenvalue weighted by Gasteiger charge is 2.04. The molecule has 2 aromatic carbocycles. The highest BCUT2D eigenvalue weighted by molar-refractivity contribution is 5.60. The molecule has 0 saturated carbocycles. The first-order valence-electron chi connectivity index (χ1n) is 10.5. The van der Waals surface area contributed by atoms with Gasteiger partial charge >= 0.3 is 0 Å². The van der Waals surface area contributed by atoms with E-state index in [9.17, 15) is 14.0 Å². The molecule has 2 aromatic heterocycles. The fourth-order valence-electron chi connectivity index (χ4n) is 3.22. The Morgan fingerprint density at radius 2 is 1.33 bits per heavy atom. The standard InChI is InChI=1S/C14H16N2O2.C11H9FN2O/c1-10-9-12(5-4-11(10)3-2-8-17)13-6-7-14(18)16-15-13;1-7-6-8(2-3-9(7)12)10-4-5-11(15)14-13-10/h4-7,9,17H,2-3,8H2,1H3,(H,16,18);2-6H,1H3,(H,14,15). The van der Waals surface area contributed by atoms with E-state index in [1.54, 1.807) is 31.2 Å². The van der Waals surface area contributed by atoms with Gasteiger partial charge in [0.25, 0.3) is 11.1 Å². The number of H-pyrrole nitrogens is 2. The van der Waals surface area contributed by atoms with Crippen LogP contribution in [0.4, 0.5) is 4.39 Å². The van der Waals surface area contributed by atoms with Crippen molar-refractivity contribution in [3.05, 3.63) is 104 Å². The number of aromatic nitrogens is 4. The summed E-state index contributed by atoms with van der Waals surface area (Å²) in [7, 11) is 0. The molecule has 7 nitrogen and oxygen atoms in total. The lowest BCUT2D eigenvalue weighted by atomic mass is 10.00. The Bertz CT molecular complexity index is 1310. The highest BCUT2D eigenvalue weighted by Crippen LogP contribution is 2.20. The van der Waals surface area contributed by atoms with Crippen molar-refractivity contribution in [3.8, 4) is 22.5 Å². The second-order valence-electron chi connectivity index (χ2n) is 7.55. The van der Waals surface area contributed by atoms with Crippen LogP contribution in [0.1, 0.15) is 23.1 Å². The summed E-state index contributed by atoms with van der Waals surface area (Å²) in [6.07, 6.45) is 1.65. The van der Waals surface area contributed by atoms with Gasteiger partial charge in [0.1, 0.15) is 5.82 Å². The van der Waals surface area contributed by atoms with Crippen LogP contribution in [0.5, 0.6) is 0 Å². The molecule has 0 aliphatic heterocycles. The molecule has 170 valence electrons. The lowest BCUT2D eigenvalue weighted by Gasteiger charge is -2.07. The molecule has 3 N–H and O–H groups in total. The minimum Gasteiger partial charge on any atom is -0.396 e. The molecular weight excluding hydrogens is 423 g/mol. The van der Waals surface area contributed by atoms with Gasteiger partial charge in [-0.25, -0.2) is 14.6 Å². The van der Waals surface area contributed by atoms with Crippen molar-refractivity contribution in [2.75, 3.05) is 6.61 Å². The van der Waals surface area contributed by atoms with Crippen molar-refractivity contribution in [2.24, 2.45) is 0 Å². The predicted molar refractivity (Wildman–Crippen MR) is 125 cm³/mol. The van der Waals surface area contributed by atoms with Crippen molar-refractivity contribution < 1.29 is 9.50 Å². The highest BCUT2D eigenvalue weighted by atomic mass is 19.1. The van der Waals surface area contributed by atoms with Crippen molar-refractivity contribution in [1.82, 2.24) is 20.4 Å². The van der Waals surface area contributed by atoms with E-state index in [4.69, 9.17) is 5.11 Å². The molecule has 0 amide bonds. The lowest BCUT2D eigenvalue weighted by Crippen LogP contribution is -2.05. The molecule has 0 aliphatic rings. The van der Waals surface area contributed by atoms with Crippen molar-refractivity contribution in [3.63, 3.8) is 0 Å². The molecule has 2 heterocycles. The summed E-state index contributed by atoms with van der Waals surface area (Å²) in [6.45, 7) is 3.94. The summed E-state index contributed by atoms with van der Waals surface area (Å²) in [5, 5.41) is 21.5. The van der Waals surface area contributed by atoms with Gasteiger partial charge in [0.05, 0.1) is 11.4 Å². The van der Waals surface area contributed by atoms with Crippen molar-refractivity contribution in [1.29, 1.82) is 0 Å². The van der Waals surface area contributed by atoms with Crippen LogP contribution < -0.4 is 11.1 Å². The Morgan fingerprint density at radius 1 is 0.788 bits per heavy atom. The quantitative estimate of drug-likeness (QED) is 0.432. The Labute approximate surface area is 190 Å². The monoisotopic (exact) mass is 448 g/mol. The zero-order valence-electron chi connectivity index (χ0n) is 18.4. The topological polar surface area (TPSA) is 112 Å². The third-order valence-corrected chi connectivity index (χ3v) is 5.05. The van der Waals surface area contributed by atoms with Gasteiger partial charge in [-0.3, -0.25) is 9.59 Å². The maximum absolute atomic E-state index is 13.0. The van der Waals surface area contributed by atoms with Gasteiger partial charge in [-0.15, -0.1) is 0 Å². The zero-order valence-corrected chi connectivity index (χ0v) is 18.4. The lowest BCUT2D eigenvalue weighted by molar-refractivity contribution is 0.288. The molecule has 33 heavy (non-hydrogen) atoms. The van der Waals surface area contributed by atoms with E-state index in [-0.39, 0.29) is 23.5 Å². The van der Waals surface area contributed by atoms with E-state index in [1.165, 1.54) is 29.3 Å². The second kappa shape index (κ2) is 11.1. The molecule has 8 heteroatoms. The van der Waals surface area contributed by atoms with Gasteiger partial charge in [-0.2, -0.15) is 10.2 Å². The summed E-state index contributed by atoms with van der Waals surface area (Å²) in [5.74, 6) is -0.247. The third-order valence-electron chi connectivity index (χ3n) is 5.05. The van der Waals surface area contributed by atoms with E-state index in [2.05, 4.69) is 20.4 Å². The maximum Gasteiger partial charge on any atom is 0.264 e. The molecule has 0 bridgehead atoms. The number of aliphatic hydroxyl groups excluding tert-OH is 1. The zero-order chi connectivity index (χ0) is 23.8. The van der Waals surface area contributed by atoms with Gasteiger partial charge in [0.15, 0.2) is 0 Å². The Morgan fingerprint density at radius 3 is 1.79 bits per heavy atom. The van der Waals surface area contributed by atoms with Crippen LogP contribution in [-0.2, 0) is 6.42 Å². The van der Waals surface area contributed by atoms with Crippen LogP contribution in [0.15, 0.2) is 70.3 Å². The number of nitrogens with one attached hydrogen (secondary N) is 2. The molecular formula is C25H25FN4O3. The Kier molecular flexibility index (Phi) is 7.99. The number of aryl methyl sites for hydroxylation is 3. The van der Waals surface area contributed by atoms with E-state index >= 15 is 0 Å². The number of hydrogen-bond acceptors (Lipinski definition) is 5. The van der Waals surface area contributed by atoms with E-state index in [1.807, 2.05) is 25.1 Å². The van der Waals surface area contributed by atoms with Crippen molar-refractivity contribution in [2.45, 2.75) is 26.7 Å². The smallest absolute Gasteiger partial charge is 0.264 e. The number of aromatic amines is 2. The fraction of sp³-hybridized carbons (Fsp3) is 0.200. The summed E-state index contributed by atoms with van der Waals surface area (Å²) >= 11 is 0. The summed E-state index contributed by atoms with van der Waals surface area (Å²) in [6, 6.07) is 17.0. The third kappa shape index (κ3) is 6.54. The average Bonchev–Trinajstić information content (AvgIpc) is 2.81.